The summed E-state index contributed by atoms with van der Waals surface area (Å²) in [7, 11) is -5.40. The van der Waals surface area contributed by atoms with Gasteiger partial charge in [0.2, 0.25) is 0 Å². The van der Waals surface area contributed by atoms with Gasteiger partial charge >= 0.3 is 18.9 Å². The second-order valence-electron chi connectivity index (χ2n) is 4.88. The van der Waals surface area contributed by atoms with Gasteiger partial charge in [-0.25, -0.2) is 0 Å². The molecule has 0 amide bonds. The van der Waals surface area contributed by atoms with Crippen molar-refractivity contribution in [2.45, 2.75) is 4.90 Å². The fourth-order valence-corrected chi connectivity index (χ4v) is 5.85. The van der Waals surface area contributed by atoms with Crippen LogP contribution in [0, 0.1) is 6.07 Å². The van der Waals surface area contributed by atoms with Crippen LogP contribution in [0.3, 0.4) is 0 Å². The standard InChI is InChI=1S/C18H14O3PS.Li.H/c19-23(20,21)18-14-8-7-13-17(18)22(15-9-3-1-4-10-15)16-11-5-2-6-12-16;;/h1-7,9-14H,(H,19,20,21);;. The van der Waals surface area contributed by atoms with Crippen molar-refractivity contribution in [2.24, 2.45) is 0 Å². The van der Waals surface area contributed by atoms with E-state index in [1.54, 1.807) is 12.1 Å². The fraction of sp³-hybridized carbons (Fsp3) is 0. The molecule has 3 aromatic carbocycles. The Morgan fingerprint density at radius 2 is 1.33 bits per heavy atom. The second-order valence-corrected chi connectivity index (χ2v) is 8.45. The first kappa shape index (κ1) is 18.9. The van der Waals surface area contributed by atoms with Gasteiger partial charge in [0.15, 0.2) is 0 Å². The zero-order chi connectivity index (χ0) is 16.3. The van der Waals surface area contributed by atoms with Crippen LogP contribution in [0.5, 0.6) is 0 Å². The van der Waals surface area contributed by atoms with E-state index >= 15 is 0 Å². The summed E-state index contributed by atoms with van der Waals surface area (Å²) >= 11 is 0. The van der Waals surface area contributed by atoms with E-state index < -0.39 is 18.0 Å². The van der Waals surface area contributed by atoms with Crippen LogP contribution in [-0.4, -0.2) is 31.8 Å². The molecule has 0 bridgehead atoms. The SMILES string of the molecule is O=S(=O)(O)c1c[c]ccc1P(c1ccccc1)c1ccccc1.[LiH]. The van der Waals surface area contributed by atoms with Crippen LogP contribution < -0.4 is 15.9 Å². The summed E-state index contributed by atoms with van der Waals surface area (Å²) < 4.78 is 33.1. The van der Waals surface area contributed by atoms with Crippen LogP contribution >= 0.6 is 7.92 Å². The minimum absolute atomic E-state index is 0. The summed E-state index contributed by atoms with van der Waals surface area (Å²) in [6.07, 6.45) is 0. The average molecular weight is 349 g/mol. The second kappa shape index (κ2) is 8.12. The number of hydrogen-bond donors (Lipinski definition) is 1. The molecule has 3 nitrogen and oxygen atoms in total. The maximum atomic E-state index is 11.8. The Morgan fingerprint density at radius 3 is 1.79 bits per heavy atom. The molecule has 117 valence electrons. The zero-order valence-corrected chi connectivity index (χ0v) is 13.8. The van der Waals surface area contributed by atoms with Crippen molar-refractivity contribution >= 4 is 52.8 Å². The molecule has 3 rings (SSSR count). The van der Waals surface area contributed by atoms with Crippen molar-refractivity contribution in [1.29, 1.82) is 0 Å². The average Bonchev–Trinajstić information content (AvgIpc) is 2.57. The third kappa shape index (κ3) is 4.16. The first-order valence-electron chi connectivity index (χ1n) is 6.95. The summed E-state index contributed by atoms with van der Waals surface area (Å²) in [5, 5.41) is 2.63. The third-order valence-electron chi connectivity index (χ3n) is 3.35. The Hall–Kier alpha value is -1.40. The summed E-state index contributed by atoms with van der Waals surface area (Å²) in [5.74, 6) is 0. The molecular weight excluding hydrogens is 334 g/mol. The van der Waals surface area contributed by atoms with E-state index in [9.17, 15) is 13.0 Å². The first-order valence-corrected chi connectivity index (χ1v) is 9.73. The molecule has 0 aliphatic heterocycles. The van der Waals surface area contributed by atoms with E-state index in [0.29, 0.717) is 5.30 Å². The van der Waals surface area contributed by atoms with Crippen LogP contribution in [0.4, 0.5) is 0 Å². The summed E-state index contributed by atoms with van der Waals surface area (Å²) in [6.45, 7) is 0. The summed E-state index contributed by atoms with van der Waals surface area (Å²) in [6, 6.07) is 26.9. The molecule has 0 saturated heterocycles. The Balaban J connectivity index is 0.00000208. The van der Waals surface area contributed by atoms with Crippen LogP contribution in [-0.2, 0) is 10.1 Å². The van der Waals surface area contributed by atoms with Gasteiger partial charge in [0, 0.05) is 5.30 Å². The Kier molecular flexibility index (Phi) is 6.40. The van der Waals surface area contributed by atoms with Crippen LogP contribution in [0.2, 0.25) is 0 Å². The molecular formula is C18H15LiO3PS. The number of benzene rings is 3. The van der Waals surface area contributed by atoms with Crippen LogP contribution in [0.1, 0.15) is 0 Å². The number of hydrogen-bond acceptors (Lipinski definition) is 2. The third-order valence-corrected chi connectivity index (χ3v) is 6.90. The van der Waals surface area contributed by atoms with Gasteiger partial charge in [-0.15, -0.1) is 0 Å². The summed E-state index contributed by atoms with van der Waals surface area (Å²) in [4.78, 5) is -0.0844. The first-order chi connectivity index (χ1) is 11.1. The van der Waals surface area contributed by atoms with Crippen molar-refractivity contribution in [3.63, 3.8) is 0 Å². The Labute approximate surface area is 155 Å². The normalized spacial score (nSPS) is 11.1. The Morgan fingerprint density at radius 1 is 0.833 bits per heavy atom. The molecule has 6 heteroatoms. The van der Waals surface area contributed by atoms with Gasteiger partial charge in [0.05, 0.1) is 0 Å². The van der Waals surface area contributed by atoms with Crippen molar-refractivity contribution in [1.82, 2.24) is 0 Å². The predicted molar refractivity (Wildman–Crippen MR) is 101 cm³/mol. The van der Waals surface area contributed by atoms with Crippen molar-refractivity contribution < 1.29 is 13.0 Å². The molecule has 0 aliphatic carbocycles. The van der Waals surface area contributed by atoms with E-state index in [2.05, 4.69) is 6.07 Å². The van der Waals surface area contributed by atoms with E-state index in [1.165, 1.54) is 6.07 Å². The van der Waals surface area contributed by atoms with Gasteiger partial charge in [-0.05, 0) is 30.7 Å². The van der Waals surface area contributed by atoms with Crippen molar-refractivity contribution in [3.05, 3.63) is 84.9 Å². The Bertz CT molecular complexity index is 860. The van der Waals surface area contributed by atoms with Gasteiger partial charge in [0.25, 0.3) is 10.1 Å². The molecule has 0 spiro atoms. The molecule has 0 aliphatic rings. The minimum atomic E-state index is -4.31. The van der Waals surface area contributed by atoms with E-state index in [0.717, 1.165) is 10.6 Å². The maximum absolute atomic E-state index is 11.8. The molecule has 1 N–H and O–H groups in total. The van der Waals surface area contributed by atoms with E-state index in [4.69, 9.17) is 0 Å². The van der Waals surface area contributed by atoms with E-state index in [-0.39, 0.29) is 23.8 Å². The van der Waals surface area contributed by atoms with Crippen molar-refractivity contribution in [3.8, 4) is 0 Å². The molecule has 0 saturated carbocycles. The summed E-state index contributed by atoms with van der Waals surface area (Å²) in [5.41, 5.74) is 0. The van der Waals surface area contributed by atoms with E-state index in [1.807, 2.05) is 60.7 Å². The molecule has 1 radical (unpaired) electrons. The molecule has 0 fully saturated rings. The predicted octanol–water partition coefficient (Wildman–Crippen LogP) is 1.84. The molecule has 0 aromatic heterocycles. The fourth-order valence-electron chi connectivity index (χ4n) is 2.38. The molecule has 24 heavy (non-hydrogen) atoms. The van der Waals surface area contributed by atoms with Crippen LogP contribution in [0.15, 0.2) is 83.8 Å². The zero-order valence-electron chi connectivity index (χ0n) is 12.1. The van der Waals surface area contributed by atoms with Gasteiger partial charge in [0.1, 0.15) is 4.90 Å². The van der Waals surface area contributed by atoms with Crippen molar-refractivity contribution in [2.75, 3.05) is 0 Å². The molecule has 0 unspecified atom stereocenters. The molecule has 3 aromatic rings. The van der Waals surface area contributed by atoms with Crippen LogP contribution in [0.25, 0.3) is 0 Å². The molecule has 0 atom stereocenters. The molecule has 0 heterocycles. The topological polar surface area (TPSA) is 54.4 Å². The van der Waals surface area contributed by atoms with Gasteiger partial charge in [-0.2, -0.15) is 8.42 Å². The van der Waals surface area contributed by atoms with Gasteiger partial charge < -0.3 is 0 Å². The van der Waals surface area contributed by atoms with Gasteiger partial charge in [-0.1, -0.05) is 72.8 Å². The number of rotatable bonds is 4. The quantitative estimate of drug-likeness (QED) is 0.444. The van der Waals surface area contributed by atoms with Gasteiger partial charge in [-0.3, -0.25) is 4.55 Å². The monoisotopic (exact) mass is 349 g/mol.